The summed E-state index contributed by atoms with van der Waals surface area (Å²) in [5.74, 6) is 1.92. The monoisotopic (exact) mass is 579 g/mol. The molecule has 0 saturated carbocycles. The molecule has 0 amide bonds. The van der Waals surface area contributed by atoms with Crippen LogP contribution in [0.25, 0.3) is 10.9 Å². The number of halogens is 2. The largest absolute Gasteiger partial charge is 0.347 e. The average molecular weight is 581 g/mol. The molecule has 7 rings (SSSR count). The first-order chi connectivity index (χ1) is 20.1. The quantitative estimate of drug-likeness (QED) is 0.210. The maximum Gasteiger partial charge on any atom is 0.145 e. The highest BCUT2D eigenvalue weighted by Crippen LogP contribution is 2.33. The second kappa shape index (κ2) is 11.4. The van der Waals surface area contributed by atoms with E-state index in [1.54, 1.807) is 0 Å². The van der Waals surface area contributed by atoms with Gasteiger partial charge in [0, 0.05) is 54.7 Å². The summed E-state index contributed by atoms with van der Waals surface area (Å²) < 4.78 is 0. The highest BCUT2D eigenvalue weighted by atomic mass is 35.5. The molecule has 0 radical (unpaired) electrons. The molecule has 0 bridgehead atoms. The van der Waals surface area contributed by atoms with Crippen LogP contribution in [0.1, 0.15) is 34.1 Å². The maximum atomic E-state index is 6.22. The number of rotatable bonds is 6. The smallest absolute Gasteiger partial charge is 0.145 e. The van der Waals surface area contributed by atoms with Crippen LogP contribution in [0.4, 0.5) is 5.82 Å². The van der Waals surface area contributed by atoms with Gasteiger partial charge in [-0.3, -0.25) is 9.80 Å². The van der Waals surface area contributed by atoms with Gasteiger partial charge in [-0.25, -0.2) is 9.97 Å². The van der Waals surface area contributed by atoms with Gasteiger partial charge in [-0.15, -0.1) is 0 Å². The summed E-state index contributed by atoms with van der Waals surface area (Å²) in [5, 5.41) is 2.62. The summed E-state index contributed by atoms with van der Waals surface area (Å²) in [5.41, 5.74) is 6.23. The number of para-hydroxylation sites is 1. The Labute approximate surface area is 251 Å². The molecule has 2 aliphatic rings. The number of fused-ring (bicyclic) bond motifs is 2. The molecule has 0 N–H and O–H groups in total. The van der Waals surface area contributed by atoms with Gasteiger partial charge in [-0.1, -0.05) is 83.9 Å². The molecule has 7 heteroatoms. The second-order valence-corrected chi connectivity index (χ2v) is 11.8. The van der Waals surface area contributed by atoms with Crippen molar-refractivity contribution in [3.8, 4) is 0 Å². The van der Waals surface area contributed by atoms with Gasteiger partial charge >= 0.3 is 0 Å². The number of benzene rings is 4. The summed E-state index contributed by atoms with van der Waals surface area (Å²) in [7, 11) is 0. The second-order valence-electron chi connectivity index (χ2n) is 10.9. The van der Waals surface area contributed by atoms with Crippen LogP contribution >= 0.6 is 23.2 Å². The standard InChI is InChI=1S/C34H31Cl2N5/c35-28-13-9-24(10-14-28)33(25-11-15-29(36)16-12-25)40-19-17-39(18-20-40)23-32-37-31-8-4-3-7-30(31)34(38-32)41-21-26-5-1-2-6-27(26)22-41/h1-16,33H,17-23H2. The van der Waals surface area contributed by atoms with Crippen molar-refractivity contribution >= 4 is 39.9 Å². The van der Waals surface area contributed by atoms with Crippen LogP contribution in [0.3, 0.4) is 0 Å². The fourth-order valence-electron chi connectivity index (χ4n) is 6.19. The molecule has 3 heterocycles. The number of anilines is 1. The molecule has 206 valence electrons. The molecule has 4 aromatic carbocycles. The van der Waals surface area contributed by atoms with Crippen LogP contribution in [0.15, 0.2) is 97.1 Å². The minimum absolute atomic E-state index is 0.145. The number of hydrogen-bond donors (Lipinski definition) is 0. The molecule has 41 heavy (non-hydrogen) atoms. The Hall–Kier alpha value is -3.48. The summed E-state index contributed by atoms with van der Waals surface area (Å²) in [6.07, 6.45) is 0. The van der Waals surface area contributed by atoms with Crippen LogP contribution < -0.4 is 4.90 Å². The lowest BCUT2D eigenvalue weighted by Gasteiger charge is -2.39. The molecule has 5 nitrogen and oxygen atoms in total. The van der Waals surface area contributed by atoms with Gasteiger partial charge in [-0.05, 0) is 58.7 Å². The van der Waals surface area contributed by atoms with Crippen LogP contribution in [0.5, 0.6) is 0 Å². The lowest BCUT2D eigenvalue weighted by Crippen LogP contribution is -2.47. The van der Waals surface area contributed by atoms with E-state index in [2.05, 4.69) is 87.5 Å². The Morgan fingerprint density at radius 3 is 1.80 bits per heavy atom. The number of piperazine rings is 1. The zero-order valence-corrected chi connectivity index (χ0v) is 24.3. The fourth-order valence-corrected chi connectivity index (χ4v) is 6.44. The molecule has 5 aromatic rings. The van der Waals surface area contributed by atoms with E-state index >= 15 is 0 Å². The third-order valence-corrected chi connectivity index (χ3v) is 8.78. The van der Waals surface area contributed by atoms with Crippen molar-refractivity contribution in [3.05, 3.63) is 135 Å². The molecular weight excluding hydrogens is 549 g/mol. The first-order valence-electron chi connectivity index (χ1n) is 14.2. The highest BCUT2D eigenvalue weighted by Gasteiger charge is 2.28. The molecule has 1 saturated heterocycles. The van der Waals surface area contributed by atoms with E-state index in [0.717, 1.165) is 78.4 Å². The highest BCUT2D eigenvalue weighted by molar-refractivity contribution is 6.30. The molecule has 0 unspecified atom stereocenters. The van der Waals surface area contributed by atoms with E-state index < -0.39 is 0 Å². The Morgan fingerprint density at radius 2 is 1.20 bits per heavy atom. The van der Waals surface area contributed by atoms with Crippen LogP contribution in [0, 0.1) is 0 Å². The minimum atomic E-state index is 0.145. The summed E-state index contributed by atoms with van der Waals surface area (Å²) in [6, 6.07) is 33.7. The average Bonchev–Trinajstić information content (AvgIpc) is 3.44. The van der Waals surface area contributed by atoms with Crippen molar-refractivity contribution in [1.82, 2.24) is 19.8 Å². The van der Waals surface area contributed by atoms with Crippen molar-refractivity contribution in [2.75, 3.05) is 31.1 Å². The predicted octanol–water partition coefficient (Wildman–Crippen LogP) is 7.36. The molecular formula is C34H31Cl2N5. The van der Waals surface area contributed by atoms with Crippen LogP contribution in [0.2, 0.25) is 10.0 Å². The van der Waals surface area contributed by atoms with Crippen molar-refractivity contribution in [2.24, 2.45) is 0 Å². The van der Waals surface area contributed by atoms with E-state index in [9.17, 15) is 0 Å². The Balaban J connectivity index is 1.10. The first-order valence-corrected chi connectivity index (χ1v) is 14.9. The molecule has 1 aromatic heterocycles. The third-order valence-electron chi connectivity index (χ3n) is 8.28. The van der Waals surface area contributed by atoms with E-state index in [1.165, 1.54) is 22.3 Å². The topological polar surface area (TPSA) is 35.5 Å². The van der Waals surface area contributed by atoms with Crippen molar-refractivity contribution < 1.29 is 0 Å². The Kier molecular flexibility index (Phi) is 7.36. The molecule has 1 fully saturated rings. The van der Waals surface area contributed by atoms with Gasteiger partial charge in [0.05, 0.1) is 18.1 Å². The molecule has 0 aliphatic carbocycles. The molecule has 0 spiro atoms. The van der Waals surface area contributed by atoms with Gasteiger partial charge < -0.3 is 4.90 Å². The SMILES string of the molecule is Clc1ccc(C(c2ccc(Cl)cc2)N2CCN(Cc3nc(N4Cc5ccccc5C4)c4ccccc4n3)CC2)cc1. The van der Waals surface area contributed by atoms with Crippen molar-refractivity contribution in [3.63, 3.8) is 0 Å². The van der Waals surface area contributed by atoms with Crippen LogP contribution in [-0.4, -0.2) is 45.9 Å². The zero-order valence-electron chi connectivity index (χ0n) is 22.8. The van der Waals surface area contributed by atoms with E-state index in [-0.39, 0.29) is 6.04 Å². The van der Waals surface area contributed by atoms with Gasteiger partial charge in [0.15, 0.2) is 0 Å². The fraction of sp³-hybridized carbons (Fsp3) is 0.235. The summed E-state index contributed by atoms with van der Waals surface area (Å²) in [4.78, 5) is 17.6. The summed E-state index contributed by atoms with van der Waals surface area (Å²) in [6.45, 7) is 6.27. The maximum absolute atomic E-state index is 6.22. The summed E-state index contributed by atoms with van der Waals surface area (Å²) >= 11 is 12.4. The predicted molar refractivity (Wildman–Crippen MR) is 167 cm³/mol. The minimum Gasteiger partial charge on any atom is -0.347 e. The van der Waals surface area contributed by atoms with E-state index in [0.29, 0.717) is 0 Å². The van der Waals surface area contributed by atoms with Gasteiger partial charge in [0.1, 0.15) is 11.6 Å². The molecule has 2 aliphatic heterocycles. The van der Waals surface area contributed by atoms with Gasteiger partial charge in [0.2, 0.25) is 0 Å². The Bertz CT molecular complexity index is 1590. The lowest BCUT2D eigenvalue weighted by atomic mass is 9.96. The first kappa shape index (κ1) is 26.4. The van der Waals surface area contributed by atoms with Gasteiger partial charge in [0.25, 0.3) is 0 Å². The Morgan fingerprint density at radius 1 is 0.634 bits per heavy atom. The van der Waals surface area contributed by atoms with Crippen molar-refractivity contribution in [1.29, 1.82) is 0 Å². The van der Waals surface area contributed by atoms with E-state index in [4.69, 9.17) is 33.2 Å². The van der Waals surface area contributed by atoms with Crippen LogP contribution in [-0.2, 0) is 19.6 Å². The third kappa shape index (κ3) is 5.55. The normalized spacial score (nSPS) is 16.0. The number of hydrogen-bond acceptors (Lipinski definition) is 5. The lowest BCUT2D eigenvalue weighted by molar-refractivity contribution is 0.103. The number of aromatic nitrogens is 2. The van der Waals surface area contributed by atoms with E-state index in [1.807, 2.05) is 24.3 Å². The van der Waals surface area contributed by atoms with Gasteiger partial charge in [-0.2, -0.15) is 0 Å². The zero-order chi connectivity index (χ0) is 27.8. The number of nitrogens with zero attached hydrogens (tertiary/aromatic N) is 5. The van der Waals surface area contributed by atoms with Crippen molar-refractivity contribution in [2.45, 2.75) is 25.7 Å². The molecule has 0 atom stereocenters.